The lowest BCUT2D eigenvalue weighted by molar-refractivity contribution is 0.102. The molecule has 2 rings (SSSR count). The summed E-state index contributed by atoms with van der Waals surface area (Å²) in [4.78, 5) is 12.6. The minimum atomic E-state index is -3.63. The predicted molar refractivity (Wildman–Crippen MR) is 106 cm³/mol. The number of amides is 1. The van der Waals surface area contributed by atoms with Crippen LogP contribution in [0.4, 0.5) is 5.69 Å². The summed E-state index contributed by atoms with van der Waals surface area (Å²) in [5.41, 5.74) is 1.24. The van der Waals surface area contributed by atoms with E-state index in [1.54, 1.807) is 39.0 Å². The molecule has 1 N–H and O–H groups in total. The minimum Gasteiger partial charge on any atom is -0.322 e. The van der Waals surface area contributed by atoms with E-state index < -0.39 is 15.9 Å². The van der Waals surface area contributed by atoms with Crippen LogP contribution in [0.15, 0.2) is 41.3 Å². The highest BCUT2D eigenvalue weighted by atomic mass is 35.5. The molecule has 2 aromatic rings. The first kappa shape index (κ1) is 20.7. The molecule has 1 amide bonds. The van der Waals surface area contributed by atoms with Gasteiger partial charge in [0.2, 0.25) is 10.0 Å². The molecular formula is C18H20Cl2N2O3S. The maximum atomic E-state index is 12.8. The van der Waals surface area contributed by atoms with Gasteiger partial charge in [-0.2, -0.15) is 4.31 Å². The summed E-state index contributed by atoms with van der Waals surface area (Å²) in [6.45, 7) is 6.03. The Morgan fingerprint density at radius 1 is 1.08 bits per heavy atom. The third-order valence-corrected chi connectivity index (χ3v) is 6.68. The molecule has 0 bridgehead atoms. The van der Waals surface area contributed by atoms with Gasteiger partial charge in [0.15, 0.2) is 0 Å². The quantitative estimate of drug-likeness (QED) is 0.751. The van der Waals surface area contributed by atoms with Crippen molar-refractivity contribution in [2.75, 3.05) is 18.4 Å². The normalized spacial score (nSPS) is 11.6. The number of nitrogens with zero attached hydrogens (tertiary/aromatic N) is 1. The van der Waals surface area contributed by atoms with Gasteiger partial charge in [0.1, 0.15) is 0 Å². The molecule has 0 unspecified atom stereocenters. The zero-order valence-corrected chi connectivity index (χ0v) is 17.0. The molecule has 0 aliphatic heterocycles. The van der Waals surface area contributed by atoms with Crippen LogP contribution >= 0.6 is 23.2 Å². The summed E-state index contributed by atoms with van der Waals surface area (Å²) >= 11 is 11.9. The fourth-order valence-electron chi connectivity index (χ4n) is 2.53. The van der Waals surface area contributed by atoms with E-state index in [0.717, 1.165) is 0 Å². The number of anilines is 1. The van der Waals surface area contributed by atoms with Crippen molar-refractivity contribution in [1.29, 1.82) is 0 Å². The highest BCUT2D eigenvalue weighted by Gasteiger charge is 2.24. The van der Waals surface area contributed by atoms with E-state index >= 15 is 0 Å². The van der Waals surface area contributed by atoms with Gasteiger partial charge < -0.3 is 5.32 Å². The summed E-state index contributed by atoms with van der Waals surface area (Å²) in [5.74, 6) is -0.443. The molecule has 0 fully saturated rings. The molecule has 5 nitrogen and oxygen atoms in total. The van der Waals surface area contributed by atoms with E-state index in [-0.39, 0.29) is 15.5 Å². The summed E-state index contributed by atoms with van der Waals surface area (Å²) in [7, 11) is -3.63. The monoisotopic (exact) mass is 414 g/mol. The topological polar surface area (TPSA) is 66.5 Å². The largest absolute Gasteiger partial charge is 0.322 e. The molecule has 2 aromatic carbocycles. The second kappa shape index (κ2) is 8.39. The molecule has 26 heavy (non-hydrogen) atoms. The number of hydrogen-bond donors (Lipinski definition) is 1. The van der Waals surface area contributed by atoms with Gasteiger partial charge in [-0.1, -0.05) is 43.1 Å². The average molecular weight is 415 g/mol. The molecular weight excluding hydrogens is 395 g/mol. The van der Waals surface area contributed by atoms with Crippen LogP contribution in [0.3, 0.4) is 0 Å². The molecule has 0 saturated heterocycles. The van der Waals surface area contributed by atoms with Gasteiger partial charge in [-0.3, -0.25) is 4.79 Å². The Balaban J connectivity index is 2.36. The van der Waals surface area contributed by atoms with E-state index in [9.17, 15) is 13.2 Å². The zero-order valence-electron chi connectivity index (χ0n) is 14.7. The van der Waals surface area contributed by atoms with Gasteiger partial charge in [-0.25, -0.2) is 8.42 Å². The van der Waals surface area contributed by atoms with Crippen molar-refractivity contribution in [2.45, 2.75) is 25.7 Å². The maximum Gasteiger partial charge on any atom is 0.257 e. The molecule has 0 radical (unpaired) electrons. The van der Waals surface area contributed by atoms with Crippen LogP contribution in [0.5, 0.6) is 0 Å². The first-order chi connectivity index (χ1) is 12.2. The fourth-order valence-corrected chi connectivity index (χ4v) is 4.73. The van der Waals surface area contributed by atoms with Crippen molar-refractivity contribution in [3.63, 3.8) is 0 Å². The molecule has 0 spiro atoms. The Hall–Kier alpha value is -1.60. The van der Waals surface area contributed by atoms with E-state index in [0.29, 0.717) is 29.4 Å². The van der Waals surface area contributed by atoms with Crippen LogP contribution in [-0.4, -0.2) is 31.7 Å². The molecule has 0 heterocycles. The highest BCUT2D eigenvalue weighted by molar-refractivity contribution is 7.89. The summed E-state index contributed by atoms with van der Waals surface area (Å²) < 4.78 is 27.0. The van der Waals surface area contributed by atoms with Crippen molar-refractivity contribution < 1.29 is 13.2 Å². The van der Waals surface area contributed by atoms with Gasteiger partial charge in [0.25, 0.3) is 5.91 Å². The van der Waals surface area contributed by atoms with Crippen molar-refractivity contribution >= 4 is 44.8 Å². The van der Waals surface area contributed by atoms with Crippen molar-refractivity contribution in [1.82, 2.24) is 4.31 Å². The predicted octanol–water partition coefficient (Wildman–Crippen LogP) is 4.58. The summed E-state index contributed by atoms with van der Waals surface area (Å²) in [6, 6.07) is 9.33. The Labute approximate surface area is 164 Å². The molecule has 140 valence electrons. The van der Waals surface area contributed by atoms with Crippen LogP contribution < -0.4 is 5.32 Å². The SMILES string of the molecule is CCN(CC)S(=O)(=O)c1cc(NC(=O)c2ccc(Cl)cc2Cl)ccc1C. The molecule has 0 atom stereocenters. The van der Waals surface area contributed by atoms with Gasteiger partial charge in [-0.05, 0) is 42.8 Å². The molecule has 8 heteroatoms. The Morgan fingerprint density at radius 2 is 1.73 bits per heavy atom. The maximum absolute atomic E-state index is 12.8. The number of aryl methyl sites for hydroxylation is 1. The number of carbonyl (C=O) groups excluding carboxylic acids is 1. The number of halogens is 2. The standard InChI is InChI=1S/C18H20Cl2N2O3S/c1-4-22(5-2)26(24,25)17-11-14(8-6-12(17)3)21-18(23)15-9-7-13(19)10-16(15)20/h6-11H,4-5H2,1-3H3,(H,21,23). The van der Waals surface area contributed by atoms with Crippen molar-refractivity contribution in [3.05, 3.63) is 57.6 Å². The summed E-state index contributed by atoms with van der Waals surface area (Å²) in [6.07, 6.45) is 0. The molecule has 0 aliphatic rings. The second-order valence-electron chi connectivity index (χ2n) is 5.65. The number of sulfonamides is 1. The number of nitrogens with one attached hydrogen (secondary N) is 1. The van der Waals surface area contributed by atoms with Crippen LogP contribution in [0.25, 0.3) is 0 Å². The van der Waals surface area contributed by atoms with Crippen LogP contribution in [-0.2, 0) is 10.0 Å². The third kappa shape index (κ3) is 4.38. The van der Waals surface area contributed by atoms with E-state index in [1.807, 2.05) is 0 Å². The fraction of sp³-hybridized carbons (Fsp3) is 0.278. The zero-order chi connectivity index (χ0) is 19.5. The van der Waals surface area contributed by atoms with E-state index in [4.69, 9.17) is 23.2 Å². The van der Waals surface area contributed by atoms with Crippen LogP contribution in [0.1, 0.15) is 29.8 Å². The number of carbonyl (C=O) groups is 1. The van der Waals surface area contributed by atoms with E-state index in [2.05, 4.69) is 5.32 Å². The van der Waals surface area contributed by atoms with Gasteiger partial charge >= 0.3 is 0 Å². The second-order valence-corrected chi connectivity index (χ2v) is 8.40. The summed E-state index contributed by atoms with van der Waals surface area (Å²) in [5, 5.41) is 3.33. The smallest absolute Gasteiger partial charge is 0.257 e. The number of rotatable bonds is 6. The van der Waals surface area contributed by atoms with E-state index in [1.165, 1.54) is 22.5 Å². The van der Waals surface area contributed by atoms with Crippen molar-refractivity contribution in [3.8, 4) is 0 Å². The molecule has 0 aromatic heterocycles. The Kier molecular flexibility index (Phi) is 6.69. The highest BCUT2D eigenvalue weighted by Crippen LogP contribution is 2.25. The first-order valence-electron chi connectivity index (χ1n) is 8.07. The molecule has 0 saturated carbocycles. The van der Waals surface area contributed by atoms with Crippen molar-refractivity contribution in [2.24, 2.45) is 0 Å². The Bertz CT molecular complexity index is 926. The number of benzene rings is 2. The van der Waals surface area contributed by atoms with Gasteiger partial charge in [0.05, 0.1) is 15.5 Å². The lowest BCUT2D eigenvalue weighted by Gasteiger charge is -2.20. The molecule has 0 aliphatic carbocycles. The minimum absolute atomic E-state index is 0.168. The van der Waals surface area contributed by atoms with Crippen LogP contribution in [0.2, 0.25) is 10.0 Å². The lowest BCUT2D eigenvalue weighted by atomic mass is 10.2. The first-order valence-corrected chi connectivity index (χ1v) is 10.3. The number of hydrogen-bond acceptors (Lipinski definition) is 3. The lowest BCUT2D eigenvalue weighted by Crippen LogP contribution is -2.31. The van der Waals surface area contributed by atoms with Gasteiger partial charge in [-0.15, -0.1) is 0 Å². The third-order valence-electron chi connectivity index (χ3n) is 3.95. The van der Waals surface area contributed by atoms with Crippen LogP contribution in [0, 0.1) is 6.92 Å². The van der Waals surface area contributed by atoms with Gasteiger partial charge in [0, 0.05) is 23.8 Å². The average Bonchev–Trinajstić information content (AvgIpc) is 2.57. The Morgan fingerprint density at radius 3 is 2.31 bits per heavy atom.